The smallest absolute Gasteiger partial charge is 0.0593 e. The lowest BCUT2D eigenvalue weighted by Crippen LogP contribution is -2.34. The average Bonchev–Trinajstić information content (AvgIpc) is 2.37. The van der Waals surface area contributed by atoms with E-state index in [9.17, 15) is 0 Å². The zero-order chi connectivity index (χ0) is 15.0. The summed E-state index contributed by atoms with van der Waals surface area (Å²) in [7, 11) is 2.16. The first-order valence-corrected chi connectivity index (χ1v) is 7.64. The van der Waals surface area contributed by atoms with Crippen molar-refractivity contribution in [3.63, 3.8) is 0 Å². The van der Waals surface area contributed by atoms with E-state index in [0.717, 1.165) is 32.8 Å². The number of nitrogens with zero attached hydrogens (tertiary/aromatic N) is 1. The Morgan fingerprint density at radius 3 is 2.35 bits per heavy atom. The quantitative estimate of drug-likeness (QED) is 0.703. The van der Waals surface area contributed by atoms with Crippen molar-refractivity contribution in [3.8, 4) is 0 Å². The van der Waals surface area contributed by atoms with E-state index < -0.39 is 0 Å². The molecule has 1 unspecified atom stereocenters. The summed E-state index contributed by atoms with van der Waals surface area (Å²) in [6.07, 6.45) is 0. The Bertz CT molecular complexity index is 372. The normalized spacial score (nSPS) is 12.9. The summed E-state index contributed by atoms with van der Waals surface area (Å²) in [6.45, 7) is 13.1. The number of likely N-dealkylation sites (N-methyl/N-ethyl adjacent to an activating group) is 2. The van der Waals surface area contributed by atoms with Gasteiger partial charge in [-0.05, 0) is 39.9 Å². The van der Waals surface area contributed by atoms with Crippen LogP contribution in [-0.2, 0) is 4.74 Å². The van der Waals surface area contributed by atoms with Gasteiger partial charge in [0.15, 0.2) is 0 Å². The predicted octanol–water partition coefficient (Wildman–Crippen LogP) is 2.92. The molecule has 0 saturated carbocycles. The van der Waals surface area contributed by atoms with Gasteiger partial charge in [0.05, 0.1) is 6.61 Å². The van der Waals surface area contributed by atoms with Crippen molar-refractivity contribution in [2.45, 2.75) is 33.7 Å². The molecule has 1 aromatic rings. The maximum Gasteiger partial charge on any atom is 0.0593 e. The molecule has 114 valence electrons. The highest BCUT2D eigenvalue weighted by Gasteiger charge is 2.13. The van der Waals surface area contributed by atoms with Crippen molar-refractivity contribution in [1.82, 2.24) is 10.2 Å². The van der Waals surface area contributed by atoms with Crippen molar-refractivity contribution in [1.29, 1.82) is 0 Å². The third-order valence-corrected chi connectivity index (χ3v) is 3.41. The van der Waals surface area contributed by atoms with Gasteiger partial charge in [-0.1, -0.05) is 36.2 Å². The number of ether oxygens (including phenoxy) is 1. The van der Waals surface area contributed by atoms with Gasteiger partial charge in [0.1, 0.15) is 0 Å². The van der Waals surface area contributed by atoms with Crippen LogP contribution < -0.4 is 5.32 Å². The van der Waals surface area contributed by atoms with Gasteiger partial charge in [-0.15, -0.1) is 0 Å². The molecule has 0 bridgehead atoms. The number of rotatable bonds is 9. The summed E-state index contributed by atoms with van der Waals surface area (Å²) < 4.78 is 5.43. The fourth-order valence-corrected chi connectivity index (χ4v) is 2.51. The molecular formula is C17H30N2O. The highest BCUT2D eigenvalue weighted by atomic mass is 16.5. The van der Waals surface area contributed by atoms with E-state index >= 15 is 0 Å². The van der Waals surface area contributed by atoms with Crippen molar-refractivity contribution < 1.29 is 4.74 Å². The first-order chi connectivity index (χ1) is 9.56. The molecule has 3 nitrogen and oxygen atoms in total. The molecule has 0 aliphatic heterocycles. The zero-order valence-electron chi connectivity index (χ0n) is 13.7. The van der Waals surface area contributed by atoms with Crippen LogP contribution in [0.2, 0.25) is 0 Å². The Balaban J connectivity index is 2.67. The monoisotopic (exact) mass is 278 g/mol. The molecule has 0 aromatic heterocycles. The van der Waals surface area contributed by atoms with Crippen molar-refractivity contribution in [2.75, 3.05) is 39.9 Å². The molecule has 0 aliphatic rings. The van der Waals surface area contributed by atoms with E-state index in [1.165, 1.54) is 16.7 Å². The van der Waals surface area contributed by atoms with Crippen LogP contribution in [0.1, 0.15) is 36.6 Å². The van der Waals surface area contributed by atoms with Crippen LogP contribution in [0, 0.1) is 13.8 Å². The Hall–Kier alpha value is -0.900. The van der Waals surface area contributed by atoms with Crippen molar-refractivity contribution in [2.24, 2.45) is 0 Å². The van der Waals surface area contributed by atoms with Crippen LogP contribution in [0.15, 0.2) is 18.2 Å². The molecule has 1 aromatic carbocycles. The number of nitrogens with one attached hydrogen (secondary N) is 1. The minimum atomic E-state index is 0.380. The number of benzene rings is 1. The maximum absolute atomic E-state index is 5.43. The van der Waals surface area contributed by atoms with Gasteiger partial charge < -0.3 is 15.0 Å². The van der Waals surface area contributed by atoms with E-state index in [4.69, 9.17) is 4.74 Å². The van der Waals surface area contributed by atoms with Crippen molar-refractivity contribution >= 4 is 0 Å². The van der Waals surface area contributed by atoms with Crippen LogP contribution >= 0.6 is 0 Å². The van der Waals surface area contributed by atoms with Gasteiger partial charge in [0.25, 0.3) is 0 Å². The summed E-state index contributed by atoms with van der Waals surface area (Å²) in [4.78, 5) is 2.33. The summed E-state index contributed by atoms with van der Waals surface area (Å²) in [5, 5.41) is 3.59. The van der Waals surface area contributed by atoms with Gasteiger partial charge >= 0.3 is 0 Å². The predicted molar refractivity (Wildman–Crippen MR) is 86.3 cm³/mol. The first kappa shape index (κ1) is 17.2. The second-order valence-electron chi connectivity index (χ2n) is 5.49. The Morgan fingerprint density at radius 1 is 1.15 bits per heavy atom. The van der Waals surface area contributed by atoms with Gasteiger partial charge in [-0.25, -0.2) is 0 Å². The fraction of sp³-hybridized carbons (Fsp3) is 0.647. The largest absolute Gasteiger partial charge is 0.380 e. The molecule has 1 rings (SSSR count). The summed E-state index contributed by atoms with van der Waals surface area (Å²) in [5.41, 5.74) is 4.05. The lowest BCUT2D eigenvalue weighted by atomic mass is 10.0. The molecule has 3 heteroatoms. The minimum absolute atomic E-state index is 0.380. The van der Waals surface area contributed by atoms with E-state index in [1.54, 1.807) is 0 Å². The van der Waals surface area contributed by atoms with Crippen molar-refractivity contribution in [3.05, 3.63) is 34.9 Å². The van der Waals surface area contributed by atoms with Gasteiger partial charge in [-0.3, -0.25) is 0 Å². The van der Waals surface area contributed by atoms with E-state index in [2.05, 4.69) is 56.2 Å². The minimum Gasteiger partial charge on any atom is -0.380 e. The molecule has 0 amide bonds. The SMILES string of the molecule is CCNC(CN(C)CCOCC)c1cc(C)cc(C)c1. The molecule has 0 radical (unpaired) electrons. The first-order valence-electron chi connectivity index (χ1n) is 7.64. The van der Waals surface area contributed by atoms with E-state index in [1.807, 2.05) is 6.92 Å². The molecule has 0 fully saturated rings. The lowest BCUT2D eigenvalue weighted by Gasteiger charge is -2.25. The van der Waals surface area contributed by atoms with E-state index in [-0.39, 0.29) is 0 Å². The third-order valence-electron chi connectivity index (χ3n) is 3.41. The molecule has 0 heterocycles. The van der Waals surface area contributed by atoms with Gasteiger partial charge in [-0.2, -0.15) is 0 Å². The topological polar surface area (TPSA) is 24.5 Å². The molecule has 0 saturated heterocycles. The molecule has 1 N–H and O–H groups in total. The second kappa shape index (κ2) is 9.11. The van der Waals surface area contributed by atoms with Crippen LogP contribution in [0.25, 0.3) is 0 Å². The van der Waals surface area contributed by atoms with Crippen LogP contribution in [0.3, 0.4) is 0 Å². The van der Waals surface area contributed by atoms with Gasteiger partial charge in [0, 0.05) is 25.7 Å². The number of aryl methyl sites for hydroxylation is 2. The van der Waals surface area contributed by atoms with E-state index in [0.29, 0.717) is 6.04 Å². The molecule has 0 spiro atoms. The molecular weight excluding hydrogens is 248 g/mol. The highest BCUT2D eigenvalue weighted by molar-refractivity contribution is 5.30. The molecule has 1 atom stereocenters. The standard InChI is InChI=1S/C17H30N2O/c1-6-18-17(13-19(5)8-9-20-7-2)16-11-14(3)10-15(4)12-16/h10-12,17-18H,6-9,13H2,1-5H3. The second-order valence-corrected chi connectivity index (χ2v) is 5.49. The zero-order valence-corrected chi connectivity index (χ0v) is 13.7. The average molecular weight is 278 g/mol. The summed E-state index contributed by atoms with van der Waals surface area (Å²) in [5.74, 6) is 0. The Morgan fingerprint density at radius 2 is 1.80 bits per heavy atom. The lowest BCUT2D eigenvalue weighted by molar-refractivity contribution is 0.119. The number of hydrogen-bond donors (Lipinski definition) is 1. The number of hydrogen-bond acceptors (Lipinski definition) is 3. The molecule has 0 aliphatic carbocycles. The molecule has 20 heavy (non-hydrogen) atoms. The third kappa shape index (κ3) is 6.04. The van der Waals surface area contributed by atoms with Gasteiger partial charge in [0.2, 0.25) is 0 Å². The van der Waals surface area contributed by atoms with Crippen LogP contribution in [-0.4, -0.2) is 44.8 Å². The summed E-state index contributed by atoms with van der Waals surface area (Å²) >= 11 is 0. The Kier molecular flexibility index (Phi) is 7.82. The van der Waals surface area contributed by atoms with Crippen LogP contribution in [0.5, 0.6) is 0 Å². The summed E-state index contributed by atoms with van der Waals surface area (Å²) in [6, 6.07) is 7.18. The Labute approximate surface area is 124 Å². The highest BCUT2D eigenvalue weighted by Crippen LogP contribution is 2.18. The maximum atomic E-state index is 5.43. The fourth-order valence-electron chi connectivity index (χ4n) is 2.51. The van der Waals surface area contributed by atoms with Crippen LogP contribution in [0.4, 0.5) is 0 Å².